The van der Waals surface area contributed by atoms with Crippen LogP contribution in [0.2, 0.25) is 0 Å². The molecule has 0 bridgehead atoms. The summed E-state index contributed by atoms with van der Waals surface area (Å²) in [5.41, 5.74) is -0.329. The Hall–Kier alpha value is -0.960. The lowest BCUT2D eigenvalue weighted by Crippen LogP contribution is -2.24. The van der Waals surface area contributed by atoms with Crippen LogP contribution < -0.4 is 0 Å². The van der Waals surface area contributed by atoms with Crippen molar-refractivity contribution in [1.29, 1.82) is 0 Å². The second kappa shape index (κ2) is 2.77. The summed E-state index contributed by atoms with van der Waals surface area (Å²) in [5.74, 6) is -0.116. The highest BCUT2D eigenvalue weighted by atomic mass is 19.1. The largest absolute Gasteiger partial charge is 0.385 e. The Labute approximate surface area is 76.4 Å². The van der Waals surface area contributed by atoms with E-state index in [4.69, 9.17) is 0 Å². The van der Waals surface area contributed by atoms with E-state index in [2.05, 4.69) is 4.98 Å². The molecule has 1 aromatic heterocycles. The Morgan fingerprint density at radius 3 is 2.77 bits per heavy atom. The molecule has 0 spiro atoms. The van der Waals surface area contributed by atoms with Gasteiger partial charge in [-0.15, -0.1) is 0 Å². The van der Waals surface area contributed by atoms with Crippen molar-refractivity contribution >= 4 is 0 Å². The quantitative estimate of drug-likeness (QED) is 0.755. The molecule has 13 heavy (non-hydrogen) atoms. The van der Waals surface area contributed by atoms with E-state index in [0.717, 1.165) is 19.0 Å². The molecule has 0 aliphatic heterocycles. The van der Waals surface area contributed by atoms with Crippen LogP contribution >= 0.6 is 0 Å². The second-order valence-corrected chi connectivity index (χ2v) is 3.81. The van der Waals surface area contributed by atoms with Gasteiger partial charge in [-0.2, -0.15) is 0 Å². The Balaban J connectivity index is 2.33. The number of halogens is 1. The van der Waals surface area contributed by atoms with E-state index in [-0.39, 0.29) is 5.92 Å². The number of hydrogen-bond donors (Lipinski definition) is 1. The van der Waals surface area contributed by atoms with Crippen molar-refractivity contribution < 1.29 is 9.50 Å². The van der Waals surface area contributed by atoms with Crippen LogP contribution in [0.1, 0.15) is 25.3 Å². The summed E-state index contributed by atoms with van der Waals surface area (Å²) in [7, 11) is 0. The predicted molar refractivity (Wildman–Crippen MR) is 46.5 cm³/mol. The van der Waals surface area contributed by atoms with E-state index >= 15 is 0 Å². The first kappa shape index (κ1) is 8.63. The summed E-state index contributed by atoms with van der Waals surface area (Å²) in [5, 5.41) is 10.0. The van der Waals surface area contributed by atoms with E-state index in [1.54, 1.807) is 6.92 Å². The molecule has 0 amide bonds. The molecule has 1 aromatic rings. The fourth-order valence-corrected chi connectivity index (χ4v) is 1.57. The number of hydrogen-bond acceptors (Lipinski definition) is 2. The lowest BCUT2D eigenvalue weighted by Gasteiger charge is -2.22. The maximum Gasteiger partial charge on any atom is 0.141 e. The van der Waals surface area contributed by atoms with Crippen molar-refractivity contribution in [3.8, 4) is 0 Å². The zero-order valence-corrected chi connectivity index (χ0v) is 7.50. The summed E-state index contributed by atoms with van der Waals surface area (Å²) in [4.78, 5) is 3.73. The van der Waals surface area contributed by atoms with Gasteiger partial charge in [0.25, 0.3) is 0 Å². The van der Waals surface area contributed by atoms with Crippen molar-refractivity contribution in [2.75, 3.05) is 0 Å². The van der Waals surface area contributed by atoms with E-state index in [9.17, 15) is 9.50 Å². The molecule has 2 nitrogen and oxygen atoms in total. The van der Waals surface area contributed by atoms with E-state index in [1.807, 2.05) is 0 Å². The van der Waals surface area contributed by atoms with Gasteiger partial charge in [-0.1, -0.05) is 0 Å². The minimum absolute atomic E-state index is 0.274. The summed E-state index contributed by atoms with van der Waals surface area (Å²) >= 11 is 0. The average molecular weight is 181 g/mol. The number of rotatable bonds is 2. The maximum atomic E-state index is 12.8. The standard InChI is InChI=1S/C10H12FNO/c1-10(13,7-2-3-7)8-4-9(11)6-12-5-8/h4-7,13H,2-3H2,1H3. The third-order valence-corrected chi connectivity index (χ3v) is 2.66. The van der Waals surface area contributed by atoms with Crippen LogP contribution in [0.15, 0.2) is 18.5 Å². The fourth-order valence-electron chi connectivity index (χ4n) is 1.57. The number of aliphatic hydroxyl groups is 1. The fraction of sp³-hybridized carbons (Fsp3) is 0.500. The molecule has 0 radical (unpaired) electrons. The van der Waals surface area contributed by atoms with Crippen molar-refractivity contribution in [3.63, 3.8) is 0 Å². The molecule has 1 heterocycles. The van der Waals surface area contributed by atoms with Crippen LogP contribution in [0.3, 0.4) is 0 Å². The van der Waals surface area contributed by atoms with Crippen molar-refractivity contribution in [2.45, 2.75) is 25.4 Å². The lowest BCUT2D eigenvalue weighted by atomic mass is 9.92. The third kappa shape index (κ3) is 1.56. The molecule has 1 N–H and O–H groups in total. The molecule has 1 atom stereocenters. The zero-order valence-electron chi connectivity index (χ0n) is 7.50. The van der Waals surface area contributed by atoms with Crippen molar-refractivity contribution in [2.24, 2.45) is 5.92 Å². The van der Waals surface area contributed by atoms with Crippen LogP contribution in [0, 0.1) is 11.7 Å². The summed E-state index contributed by atoms with van der Waals surface area (Å²) in [6, 6.07) is 1.35. The topological polar surface area (TPSA) is 33.1 Å². The molecule has 2 rings (SSSR count). The van der Waals surface area contributed by atoms with Gasteiger partial charge >= 0.3 is 0 Å². The molecule has 1 aliphatic rings. The van der Waals surface area contributed by atoms with Crippen LogP contribution in [-0.2, 0) is 5.60 Å². The summed E-state index contributed by atoms with van der Waals surface area (Å²) in [6.07, 6.45) is 4.71. The molecule has 1 aliphatic carbocycles. The minimum Gasteiger partial charge on any atom is -0.385 e. The van der Waals surface area contributed by atoms with Gasteiger partial charge in [0.1, 0.15) is 5.82 Å². The Morgan fingerprint density at radius 1 is 1.54 bits per heavy atom. The van der Waals surface area contributed by atoms with Gasteiger partial charge in [0.05, 0.1) is 11.8 Å². The summed E-state index contributed by atoms with van der Waals surface area (Å²) < 4.78 is 12.8. The normalized spacial score (nSPS) is 21.2. The molecule has 1 unspecified atom stereocenters. The molecule has 0 saturated heterocycles. The highest BCUT2D eigenvalue weighted by molar-refractivity contribution is 5.20. The first-order chi connectivity index (χ1) is 6.10. The molecule has 1 fully saturated rings. The first-order valence-electron chi connectivity index (χ1n) is 4.44. The van der Waals surface area contributed by atoms with Crippen LogP contribution in [-0.4, -0.2) is 10.1 Å². The average Bonchev–Trinajstić information content (AvgIpc) is 2.86. The second-order valence-electron chi connectivity index (χ2n) is 3.81. The molecular weight excluding hydrogens is 169 g/mol. The molecule has 70 valence electrons. The van der Waals surface area contributed by atoms with E-state index in [0.29, 0.717) is 5.56 Å². The van der Waals surface area contributed by atoms with Gasteiger partial charge in [0.2, 0.25) is 0 Å². The van der Waals surface area contributed by atoms with Gasteiger partial charge in [-0.25, -0.2) is 4.39 Å². The van der Waals surface area contributed by atoms with Gasteiger partial charge in [0.15, 0.2) is 0 Å². The Morgan fingerprint density at radius 2 is 2.23 bits per heavy atom. The zero-order chi connectivity index (χ0) is 9.47. The Kier molecular flexibility index (Phi) is 1.84. The minimum atomic E-state index is -0.908. The monoisotopic (exact) mass is 181 g/mol. The number of nitrogens with zero attached hydrogens (tertiary/aromatic N) is 1. The van der Waals surface area contributed by atoms with Gasteiger partial charge in [-0.05, 0) is 31.7 Å². The Bertz CT molecular complexity index is 320. The SMILES string of the molecule is CC(O)(c1cncc(F)c1)C1CC1. The summed E-state index contributed by atoms with van der Waals surface area (Å²) in [6.45, 7) is 1.72. The van der Waals surface area contributed by atoms with Gasteiger partial charge in [0, 0.05) is 11.8 Å². The maximum absolute atomic E-state index is 12.8. The van der Waals surface area contributed by atoms with Crippen LogP contribution in [0.5, 0.6) is 0 Å². The molecular formula is C10H12FNO. The van der Waals surface area contributed by atoms with E-state index in [1.165, 1.54) is 12.3 Å². The van der Waals surface area contributed by atoms with Crippen LogP contribution in [0.4, 0.5) is 4.39 Å². The molecule has 1 saturated carbocycles. The van der Waals surface area contributed by atoms with Gasteiger partial charge in [-0.3, -0.25) is 4.98 Å². The van der Waals surface area contributed by atoms with Crippen molar-refractivity contribution in [1.82, 2.24) is 4.98 Å². The lowest BCUT2D eigenvalue weighted by molar-refractivity contribution is 0.0324. The third-order valence-electron chi connectivity index (χ3n) is 2.66. The number of aromatic nitrogens is 1. The molecule has 3 heteroatoms. The highest BCUT2D eigenvalue weighted by Crippen LogP contribution is 2.45. The van der Waals surface area contributed by atoms with Crippen LogP contribution in [0.25, 0.3) is 0 Å². The first-order valence-corrected chi connectivity index (χ1v) is 4.44. The molecule has 0 aromatic carbocycles. The highest BCUT2D eigenvalue weighted by Gasteiger charge is 2.41. The predicted octanol–water partition coefficient (Wildman–Crippen LogP) is 1.84. The smallest absolute Gasteiger partial charge is 0.141 e. The number of pyridine rings is 1. The van der Waals surface area contributed by atoms with Gasteiger partial charge < -0.3 is 5.11 Å². The van der Waals surface area contributed by atoms with Crippen molar-refractivity contribution in [3.05, 3.63) is 29.8 Å². The van der Waals surface area contributed by atoms with E-state index < -0.39 is 11.4 Å².